The molecule has 0 bridgehead atoms. The van der Waals surface area contributed by atoms with Gasteiger partial charge in [0.25, 0.3) is 0 Å². The summed E-state index contributed by atoms with van der Waals surface area (Å²) < 4.78 is 0. The van der Waals surface area contributed by atoms with Gasteiger partial charge in [-0.1, -0.05) is 31.2 Å². The molecule has 0 aliphatic carbocycles. The summed E-state index contributed by atoms with van der Waals surface area (Å²) in [4.78, 5) is 23.3. The van der Waals surface area contributed by atoms with E-state index in [1.807, 2.05) is 38.1 Å². The van der Waals surface area contributed by atoms with Crippen LogP contribution in [-0.2, 0) is 11.2 Å². The van der Waals surface area contributed by atoms with Crippen LogP contribution in [0, 0.1) is 0 Å². The topological polar surface area (TPSA) is 46.2 Å². The van der Waals surface area contributed by atoms with E-state index in [1.165, 1.54) is 5.56 Å². The molecule has 0 fully saturated rings. The van der Waals surface area contributed by atoms with Gasteiger partial charge < -0.3 is 5.32 Å². The lowest BCUT2D eigenvalue weighted by Gasteiger charge is -2.07. The van der Waals surface area contributed by atoms with Gasteiger partial charge in [0.2, 0.25) is 5.91 Å². The van der Waals surface area contributed by atoms with Gasteiger partial charge in [-0.05, 0) is 25.8 Å². The summed E-state index contributed by atoms with van der Waals surface area (Å²) >= 11 is 0. The largest absolute Gasteiger partial charge is 0.354 e. The van der Waals surface area contributed by atoms with E-state index in [1.54, 1.807) is 0 Å². The second-order valence-electron chi connectivity index (χ2n) is 4.70. The molecule has 0 saturated carbocycles. The van der Waals surface area contributed by atoms with Crippen LogP contribution in [0.5, 0.6) is 0 Å². The Bertz CT molecular complexity index is 407. The summed E-state index contributed by atoms with van der Waals surface area (Å²) in [6.45, 7) is 5.89. The number of rotatable bonds is 6. The number of benzene rings is 1. The smallest absolute Gasteiger partial charge is 0.220 e. The van der Waals surface area contributed by atoms with Crippen LogP contribution < -0.4 is 5.32 Å². The Morgan fingerprint density at radius 2 is 1.72 bits per heavy atom. The summed E-state index contributed by atoms with van der Waals surface area (Å²) in [5.74, 6) is -0.0416. The monoisotopic (exact) mass is 247 g/mol. The van der Waals surface area contributed by atoms with Gasteiger partial charge in [-0.25, -0.2) is 0 Å². The second kappa shape index (κ2) is 6.94. The lowest BCUT2D eigenvalue weighted by atomic mass is 10.0. The molecule has 18 heavy (non-hydrogen) atoms. The molecule has 0 atom stereocenters. The van der Waals surface area contributed by atoms with E-state index in [-0.39, 0.29) is 30.6 Å². The number of carbonyl (C=O) groups excluding carboxylic acids is 2. The van der Waals surface area contributed by atoms with Crippen molar-refractivity contribution in [3.63, 3.8) is 0 Å². The molecule has 0 unspecified atom stereocenters. The summed E-state index contributed by atoms with van der Waals surface area (Å²) in [7, 11) is 0. The highest BCUT2D eigenvalue weighted by Crippen LogP contribution is 2.08. The number of ketones is 1. The van der Waals surface area contributed by atoms with Crippen LogP contribution in [0.4, 0.5) is 0 Å². The van der Waals surface area contributed by atoms with Crippen molar-refractivity contribution >= 4 is 11.7 Å². The minimum Gasteiger partial charge on any atom is -0.354 e. The molecular weight excluding hydrogens is 226 g/mol. The zero-order valence-electron chi connectivity index (χ0n) is 11.3. The van der Waals surface area contributed by atoms with Gasteiger partial charge in [-0.3, -0.25) is 9.59 Å². The van der Waals surface area contributed by atoms with Crippen LogP contribution in [-0.4, -0.2) is 17.7 Å². The molecule has 1 aromatic carbocycles. The van der Waals surface area contributed by atoms with E-state index >= 15 is 0 Å². The first-order chi connectivity index (χ1) is 8.52. The zero-order chi connectivity index (χ0) is 13.5. The van der Waals surface area contributed by atoms with Crippen LogP contribution in [0.3, 0.4) is 0 Å². The molecule has 1 N–H and O–H groups in total. The minimum absolute atomic E-state index is 0.0246. The van der Waals surface area contributed by atoms with Crippen molar-refractivity contribution < 1.29 is 9.59 Å². The third kappa shape index (κ3) is 4.70. The zero-order valence-corrected chi connectivity index (χ0v) is 11.3. The number of Topliss-reactive ketones (excluding diaryl/α,β-unsaturated/α-hetero) is 1. The number of nitrogens with one attached hydrogen (secondary N) is 1. The van der Waals surface area contributed by atoms with Gasteiger partial charge in [0.1, 0.15) is 0 Å². The number of aryl methyl sites for hydroxylation is 1. The van der Waals surface area contributed by atoms with Gasteiger partial charge in [-0.15, -0.1) is 0 Å². The molecule has 0 aliphatic rings. The molecule has 0 spiro atoms. The highest BCUT2D eigenvalue weighted by molar-refractivity contribution is 5.97. The first kappa shape index (κ1) is 14.4. The molecule has 1 aromatic rings. The van der Waals surface area contributed by atoms with Crippen molar-refractivity contribution in [3.05, 3.63) is 35.4 Å². The molecule has 3 nitrogen and oxygen atoms in total. The number of hydrogen-bond donors (Lipinski definition) is 1. The van der Waals surface area contributed by atoms with E-state index in [4.69, 9.17) is 0 Å². The maximum Gasteiger partial charge on any atom is 0.220 e. The van der Waals surface area contributed by atoms with Crippen molar-refractivity contribution in [1.29, 1.82) is 0 Å². The summed E-state index contributed by atoms with van der Waals surface area (Å²) in [6, 6.07) is 7.71. The molecule has 1 rings (SSSR count). The van der Waals surface area contributed by atoms with Crippen LogP contribution in [0.15, 0.2) is 24.3 Å². The molecule has 1 amide bonds. The van der Waals surface area contributed by atoms with E-state index in [9.17, 15) is 9.59 Å². The third-order valence-electron chi connectivity index (χ3n) is 2.71. The Labute approximate surface area is 109 Å². The van der Waals surface area contributed by atoms with Gasteiger partial charge in [-0.2, -0.15) is 0 Å². The average molecular weight is 247 g/mol. The Balaban J connectivity index is 2.47. The van der Waals surface area contributed by atoms with Crippen molar-refractivity contribution in [2.45, 2.75) is 46.1 Å². The molecule has 0 heterocycles. The Hall–Kier alpha value is -1.64. The highest BCUT2D eigenvalue weighted by Gasteiger charge is 2.09. The van der Waals surface area contributed by atoms with Gasteiger partial charge in [0.05, 0.1) is 0 Å². The van der Waals surface area contributed by atoms with Crippen molar-refractivity contribution in [2.75, 3.05) is 0 Å². The Morgan fingerprint density at radius 3 is 2.22 bits per heavy atom. The standard InChI is InChI=1S/C15H21NO2/c1-4-12-5-7-13(8-6-12)14(17)9-10-15(18)16-11(2)3/h5-8,11H,4,9-10H2,1-3H3,(H,16,18). The van der Waals surface area contributed by atoms with E-state index in [0.29, 0.717) is 5.56 Å². The molecule has 0 aliphatic heterocycles. The molecular formula is C15H21NO2. The molecule has 0 saturated heterocycles. The normalized spacial score (nSPS) is 10.4. The number of amides is 1. The Morgan fingerprint density at radius 1 is 1.11 bits per heavy atom. The quantitative estimate of drug-likeness (QED) is 0.786. The van der Waals surface area contributed by atoms with Crippen molar-refractivity contribution in [2.24, 2.45) is 0 Å². The second-order valence-corrected chi connectivity index (χ2v) is 4.70. The molecule has 98 valence electrons. The first-order valence-electron chi connectivity index (χ1n) is 6.44. The molecule has 0 aromatic heterocycles. The maximum absolute atomic E-state index is 11.9. The lowest BCUT2D eigenvalue weighted by Crippen LogP contribution is -2.30. The van der Waals surface area contributed by atoms with E-state index in [0.717, 1.165) is 6.42 Å². The van der Waals surface area contributed by atoms with E-state index in [2.05, 4.69) is 12.2 Å². The molecule has 3 heteroatoms. The summed E-state index contributed by atoms with van der Waals surface area (Å²) in [6.07, 6.45) is 1.49. The van der Waals surface area contributed by atoms with Crippen LogP contribution in [0.2, 0.25) is 0 Å². The summed E-state index contributed by atoms with van der Waals surface area (Å²) in [5, 5.41) is 2.78. The highest BCUT2D eigenvalue weighted by atomic mass is 16.2. The SMILES string of the molecule is CCc1ccc(C(=O)CCC(=O)NC(C)C)cc1. The fraction of sp³-hybridized carbons (Fsp3) is 0.467. The fourth-order valence-corrected chi connectivity index (χ4v) is 1.69. The van der Waals surface area contributed by atoms with Gasteiger partial charge >= 0.3 is 0 Å². The van der Waals surface area contributed by atoms with Crippen LogP contribution >= 0.6 is 0 Å². The van der Waals surface area contributed by atoms with Gasteiger partial charge in [0.15, 0.2) is 5.78 Å². The third-order valence-corrected chi connectivity index (χ3v) is 2.71. The summed E-state index contributed by atoms with van der Waals surface area (Å²) in [5.41, 5.74) is 1.90. The van der Waals surface area contributed by atoms with Crippen molar-refractivity contribution in [1.82, 2.24) is 5.32 Å². The maximum atomic E-state index is 11.9. The number of carbonyl (C=O) groups is 2. The molecule has 0 radical (unpaired) electrons. The van der Waals surface area contributed by atoms with Crippen LogP contribution in [0.1, 0.15) is 49.5 Å². The predicted octanol–water partition coefficient (Wildman–Crippen LogP) is 2.74. The Kier molecular flexibility index (Phi) is 5.56. The average Bonchev–Trinajstić information content (AvgIpc) is 2.35. The van der Waals surface area contributed by atoms with Crippen molar-refractivity contribution in [3.8, 4) is 0 Å². The van der Waals surface area contributed by atoms with Crippen LogP contribution in [0.25, 0.3) is 0 Å². The lowest BCUT2D eigenvalue weighted by molar-refractivity contribution is -0.121. The number of hydrogen-bond acceptors (Lipinski definition) is 2. The minimum atomic E-state index is -0.0662. The van der Waals surface area contributed by atoms with Gasteiger partial charge in [0, 0.05) is 24.4 Å². The van der Waals surface area contributed by atoms with E-state index < -0.39 is 0 Å². The predicted molar refractivity (Wildman–Crippen MR) is 72.7 cm³/mol. The first-order valence-corrected chi connectivity index (χ1v) is 6.44. The fourth-order valence-electron chi connectivity index (χ4n) is 1.69.